The molecule has 0 radical (unpaired) electrons. The molecule has 0 aromatic carbocycles. The summed E-state index contributed by atoms with van der Waals surface area (Å²) in [6.07, 6.45) is 2.56. The predicted molar refractivity (Wildman–Crippen MR) is 76.6 cm³/mol. The van der Waals surface area contributed by atoms with Crippen LogP contribution in [0.15, 0.2) is 6.08 Å². The fraction of sp³-hybridized carbons (Fsp3) is 0.462. The molecule has 0 aliphatic heterocycles. The highest BCUT2D eigenvalue weighted by atomic mass is 16.4. The molecular weight excluding hydrogens is 260 g/mol. The van der Waals surface area contributed by atoms with E-state index in [9.17, 15) is 9.59 Å². The van der Waals surface area contributed by atoms with E-state index in [-0.39, 0.29) is 12.5 Å². The highest BCUT2D eigenvalue weighted by Gasteiger charge is 2.18. The number of rotatable bonds is 5. The molecule has 0 saturated heterocycles. The van der Waals surface area contributed by atoms with Gasteiger partial charge in [0.25, 0.3) is 0 Å². The summed E-state index contributed by atoms with van der Waals surface area (Å²) in [6, 6.07) is 0. The molecule has 0 fully saturated rings. The number of carbonyl (C=O) groups is 2. The minimum Gasteiger partial charge on any atom is -0.478 e. The Bertz CT molecular complexity index is 546. The van der Waals surface area contributed by atoms with E-state index >= 15 is 0 Å². The predicted octanol–water partition coefficient (Wildman–Crippen LogP) is 0.351. The van der Waals surface area contributed by atoms with Crippen LogP contribution in [0, 0.1) is 6.92 Å². The number of carboxylic acids is 1. The highest BCUT2D eigenvalue weighted by Crippen LogP contribution is 2.23. The molecule has 0 aliphatic carbocycles. The Morgan fingerprint density at radius 2 is 1.95 bits per heavy atom. The molecule has 20 heavy (non-hydrogen) atoms. The standard InChI is InChI=1S/C13H20N4O3/c1-9-10(6-7-12(19)20)13(17(5)14-9)16(4)8-11(18)15(2)3/h6-7H,8H2,1-5H3,(H,19,20)/b7-6+. The molecular formula is C13H20N4O3. The minimum absolute atomic E-state index is 0.0421. The second kappa shape index (κ2) is 6.23. The molecule has 1 heterocycles. The zero-order valence-electron chi connectivity index (χ0n) is 12.4. The Balaban J connectivity index is 3.10. The van der Waals surface area contributed by atoms with Gasteiger partial charge in [0.15, 0.2) is 0 Å². The fourth-order valence-electron chi connectivity index (χ4n) is 1.88. The number of aryl methyl sites for hydroxylation is 2. The summed E-state index contributed by atoms with van der Waals surface area (Å²) >= 11 is 0. The Kier molecular flexibility index (Phi) is 4.90. The maximum atomic E-state index is 11.8. The molecule has 1 amide bonds. The van der Waals surface area contributed by atoms with Crippen molar-refractivity contribution in [3.05, 3.63) is 17.3 Å². The summed E-state index contributed by atoms with van der Waals surface area (Å²) in [5.74, 6) is -0.360. The number of amides is 1. The number of carbonyl (C=O) groups excluding carboxylic acids is 1. The van der Waals surface area contributed by atoms with Crippen LogP contribution in [0.1, 0.15) is 11.3 Å². The quantitative estimate of drug-likeness (QED) is 0.787. The summed E-state index contributed by atoms with van der Waals surface area (Å²) in [7, 11) is 6.92. The van der Waals surface area contributed by atoms with Crippen LogP contribution in [0.25, 0.3) is 6.08 Å². The van der Waals surface area contributed by atoms with Gasteiger partial charge in [-0.25, -0.2) is 4.79 Å². The van der Waals surface area contributed by atoms with Crippen LogP contribution >= 0.6 is 0 Å². The fourth-order valence-corrected chi connectivity index (χ4v) is 1.88. The van der Waals surface area contributed by atoms with Gasteiger partial charge >= 0.3 is 5.97 Å². The van der Waals surface area contributed by atoms with Crippen molar-refractivity contribution in [1.82, 2.24) is 14.7 Å². The van der Waals surface area contributed by atoms with E-state index < -0.39 is 5.97 Å². The Labute approximate surface area is 118 Å². The van der Waals surface area contributed by atoms with Crippen LogP contribution in [0.4, 0.5) is 5.82 Å². The van der Waals surface area contributed by atoms with Crippen LogP contribution in [0.5, 0.6) is 0 Å². The number of nitrogens with zero attached hydrogens (tertiary/aromatic N) is 4. The Morgan fingerprint density at radius 3 is 2.45 bits per heavy atom. The summed E-state index contributed by atoms with van der Waals surface area (Å²) in [6.45, 7) is 1.99. The first-order valence-electron chi connectivity index (χ1n) is 6.10. The third-order valence-electron chi connectivity index (χ3n) is 2.86. The van der Waals surface area contributed by atoms with E-state index in [1.165, 1.54) is 11.0 Å². The van der Waals surface area contributed by atoms with Gasteiger partial charge in [-0.3, -0.25) is 9.48 Å². The van der Waals surface area contributed by atoms with Crippen molar-refractivity contribution in [1.29, 1.82) is 0 Å². The lowest BCUT2D eigenvalue weighted by atomic mass is 10.2. The van der Waals surface area contributed by atoms with Crippen molar-refractivity contribution in [2.75, 3.05) is 32.6 Å². The largest absolute Gasteiger partial charge is 0.478 e. The SMILES string of the molecule is Cc1nn(C)c(N(C)CC(=O)N(C)C)c1/C=C/C(=O)O. The smallest absolute Gasteiger partial charge is 0.328 e. The molecule has 0 bridgehead atoms. The third kappa shape index (κ3) is 3.59. The van der Waals surface area contributed by atoms with Crippen molar-refractivity contribution in [2.45, 2.75) is 6.92 Å². The third-order valence-corrected chi connectivity index (χ3v) is 2.86. The lowest BCUT2D eigenvalue weighted by Crippen LogP contribution is -2.35. The van der Waals surface area contributed by atoms with Crippen LogP contribution < -0.4 is 4.90 Å². The van der Waals surface area contributed by atoms with Crippen LogP contribution in [-0.4, -0.2) is 59.4 Å². The molecule has 7 nitrogen and oxygen atoms in total. The summed E-state index contributed by atoms with van der Waals surface area (Å²) < 4.78 is 1.64. The number of anilines is 1. The van der Waals surface area contributed by atoms with E-state index in [1.807, 2.05) is 0 Å². The average molecular weight is 280 g/mol. The molecule has 0 unspecified atom stereocenters. The zero-order valence-corrected chi connectivity index (χ0v) is 12.4. The monoisotopic (exact) mass is 280 g/mol. The van der Waals surface area contributed by atoms with Gasteiger partial charge in [-0.1, -0.05) is 0 Å². The van der Waals surface area contributed by atoms with Gasteiger partial charge < -0.3 is 14.9 Å². The number of hydrogen-bond donors (Lipinski definition) is 1. The number of likely N-dealkylation sites (N-methyl/N-ethyl adjacent to an activating group) is 2. The van der Waals surface area contributed by atoms with E-state index in [1.54, 1.807) is 44.7 Å². The Hall–Kier alpha value is -2.31. The van der Waals surface area contributed by atoms with Crippen molar-refractivity contribution in [3.63, 3.8) is 0 Å². The van der Waals surface area contributed by atoms with Gasteiger partial charge in [0.05, 0.1) is 12.2 Å². The molecule has 110 valence electrons. The van der Waals surface area contributed by atoms with Gasteiger partial charge in [-0.15, -0.1) is 0 Å². The lowest BCUT2D eigenvalue weighted by Gasteiger charge is -2.21. The maximum Gasteiger partial charge on any atom is 0.328 e. The minimum atomic E-state index is -1.02. The van der Waals surface area contributed by atoms with Crippen molar-refractivity contribution in [2.24, 2.45) is 7.05 Å². The van der Waals surface area contributed by atoms with Crippen molar-refractivity contribution in [3.8, 4) is 0 Å². The number of hydrogen-bond acceptors (Lipinski definition) is 4. The zero-order chi connectivity index (χ0) is 15.4. The average Bonchev–Trinajstić information content (AvgIpc) is 2.60. The molecule has 1 rings (SSSR count). The van der Waals surface area contributed by atoms with Crippen molar-refractivity contribution >= 4 is 23.8 Å². The van der Waals surface area contributed by atoms with Gasteiger partial charge in [-0.2, -0.15) is 5.10 Å². The number of aliphatic carboxylic acids is 1. The molecule has 7 heteroatoms. The first-order chi connectivity index (χ1) is 9.23. The van der Waals surface area contributed by atoms with Gasteiger partial charge in [-0.05, 0) is 13.0 Å². The van der Waals surface area contributed by atoms with Gasteiger partial charge in [0.2, 0.25) is 5.91 Å². The van der Waals surface area contributed by atoms with Gasteiger partial charge in [0, 0.05) is 39.8 Å². The first-order valence-corrected chi connectivity index (χ1v) is 6.10. The normalized spacial score (nSPS) is 10.8. The van der Waals surface area contributed by atoms with E-state index in [2.05, 4.69) is 5.10 Å². The second-order valence-electron chi connectivity index (χ2n) is 4.76. The van der Waals surface area contributed by atoms with Crippen molar-refractivity contribution < 1.29 is 14.7 Å². The second-order valence-corrected chi connectivity index (χ2v) is 4.76. The summed E-state index contributed by atoms with van der Waals surface area (Å²) in [5.41, 5.74) is 1.41. The van der Waals surface area contributed by atoms with Gasteiger partial charge in [0.1, 0.15) is 5.82 Å². The summed E-state index contributed by atoms with van der Waals surface area (Å²) in [4.78, 5) is 25.7. The highest BCUT2D eigenvalue weighted by molar-refractivity contribution is 5.87. The van der Waals surface area contributed by atoms with Crippen LogP contribution in [-0.2, 0) is 16.6 Å². The topological polar surface area (TPSA) is 78.7 Å². The summed E-state index contributed by atoms with van der Waals surface area (Å²) in [5, 5.41) is 13.0. The molecule has 1 aromatic heterocycles. The Morgan fingerprint density at radius 1 is 1.35 bits per heavy atom. The molecule has 0 aliphatic rings. The number of aromatic nitrogens is 2. The molecule has 1 N–H and O–H groups in total. The molecule has 0 spiro atoms. The van der Waals surface area contributed by atoms with E-state index in [0.29, 0.717) is 17.1 Å². The molecule has 0 atom stereocenters. The maximum absolute atomic E-state index is 11.8. The first kappa shape index (κ1) is 15.7. The van der Waals surface area contributed by atoms with Crippen LogP contribution in [0.3, 0.4) is 0 Å². The van der Waals surface area contributed by atoms with E-state index in [0.717, 1.165) is 6.08 Å². The lowest BCUT2D eigenvalue weighted by molar-refractivity contribution is -0.131. The molecule has 0 saturated carbocycles. The number of carboxylic acid groups (broad SMARTS) is 1. The molecule has 1 aromatic rings. The van der Waals surface area contributed by atoms with Crippen LogP contribution in [0.2, 0.25) is 0 Å². The van der Waals surface area contributed by atoms with E-state index in [4.69, 9.17) is 5.11 Å².